The van der Waals surface area contributed by atoms with Gasteiger partial charge in [-0.1, -0.05) is 0 Å². The van der Waals surface area contributed by atoms with Crippen molar-refractivity contribution in [1.29, 1.82) is 0 Å². The van der Waals surface area contributed by atoms with Crippen LogP contribution in [0.5, 0.6) is 0 Å². The van der Waals surface area contributed by atoms with Crippen molar-refractivity contribution in [2.24, 2.45) is 7.05 Å². The van der Waals surface area contributed by atoms with Crippen molar-refractivity contribution >= 4 is 5.97 Å². The van der Waals surface area contributed by atoms with E-state index in [-0.39, 0.29) is 5.97 Å². The fourth-order valence-corrected chi connectivity index (χ4v) is 1.58. The Balaban J connectivity index is 2.05. The third-order valence-corrected chi connectivity index (χ3v) is 2.53. The van der Waals surface area contributed by atoms with Gasteiger partial charge in [0.05, 0.1) is 6.61 Å². The molecule has 1 aromatic heterocycles. The summed E-state index contributed by atoms with van der Waals surface area (Å²) in [6.45, 7) is 2.86. The Labute approximate surface area is 94.8 Å². The van der Waals surface area contributed by atoms with Crippen molar-refractivity contribution in [3.8, 4) is 0 Å². The van der Waals surface area contributed by atoms with Gasteiger partial charge < -0.3 is 10.1 Å². The maximum Gasteiger partial charge on any atom is 0.359 e. The molecule has 0 aromatic carbocycles. The first-order chi connectivity index (χ1) is 7.70. The Morgan fingerprint density at radius 2 is 2.44 bits per heavy atom. The minimum atomic E-state index is -0.337. The summed E-state index contributed by atoms with van der Waals surface area (Å²) < 4.78 is 6.61. The molecule has 1 saturated carbocycles. The maximum absolute atomic E-state index is 11.6. The van der Waals surface area contributed by atoms with E-state index < -0.39 is 0 Å². The first-order valence-electron chi connectivity index (χ1n) is 5.63. The van der Waals surface area contributed by atoms with Gasteiger partial charge in [-0.25, -0.2) is 4.79 Å². The summed E-state index contributed by atoms with van der Waals surface area (Å²) in [5, 5.41) is 7.49. The number of nitrogens with one attached hydrogen (secondary N) is 1. The highest BCUT2D eigenvalue weighted by Crippen LogP contribution is 2.19. The van der Waals surface area contributed by atoms with E-state index in [0.29, 0.717) is 24.9 Å². The zero-order valence-corrected chi connectivity index (χ0v) is 9.69. The summed E-state index contributed by atoms with van der Waals surface area (Å²) in [5.41, 5.74) is 1.34. The number of hydrogen-bond donors (Lipinski definition) is 1. The average molecular weight is 223 g/mol. The second-order valence-electron chi connectivity index (χ2n) is 4.05. The molecule has 0 saturated heterocycles. The SMILES string of the molecule is CCOC(=O)c1nn(C)cc1CNC1CC1. The molecule has 1 aliphatic carbocycles. The van der Waals surface area contributed by atoms with Crippen molar-refractivity contribution in [3.63, 3.8) is 0 Å². The lowest BCUT2D eigenvalue weighted by Crippen LogP contribution is -2.17. The third-order valence-electron chi connectivity index (χ3n) is 2.53. The van der Waals surface area contributed by atoms with Gasteiger partial charge in [0, 0.05) is 31.4 Å². The normalized spacial score (nSPS) is 15.1. The fraction of sp³-hybridized carbons (Fsp3) is 0.636. The van der Waals surface area contributed by atoms with Crippen LogP contribution in [-0.4, -0.2) is 28.4 Å². The molecule has 2 rings (SSSR count). The number of hydrogen-bond acceptors (Lipinski definition) is 4. The second-order valence-corrected chi connectivity index (χ2v) is 4.05. The van der Waals surface area contributed by atoms with E-state index in [1.54, 1.807) is 11.6 Å². The number of ether oxygens (including phenoxy) is 1. The predicted molar refractivity (Wildman–Crippen MR) is 59.0 cm³/mol. The van der Waals surface area contributed by atoms with Crippen LogP contribution in [0.25, 0.3) is 0 Å². The summed E-state index contributed by atoms with van der Waals surface area (Å²) in [7, 11) is 1.81. The molecular formula is C11H17N3O2. The topological polar surface area (TPSA) is 56.1 Å². The number of aromatic nitrogens is 2. The van der Waals surface area contributed by atoms with E-state index >= 15 is 0 Å². The quantitative estimate of drug-likeness (QED) is 0.752. The van der Waals surface area contributed by atoms with Crippen molar-refractivity contribution in [2.75, 3.05) is 6.61 Å². The zero-order chi connectivity index (χ0) is 11.5. The molecule has 1 aromatic rings. The highest BCUT2D eigenvalue weighted by atomic mass is 16.5. The summed E-state index contributed by atoms with van der Waals surface area (Å²) in [6.07, 6.45) is 4.33. The van der Waals surface area contributed by atoms with Crippen LogP contribution >= 0.6 is 0 Å². The molecule has 1 heterocycles. The van der Waals surface area contributed by atoms with Crippen LogP contribution in [0.4, 0.5) is 0 Å². The Morgan fingerprint density at radius 3 is 3.06 bits per heavy atom. The lowest BCUT2D eigenvalue weighted by atomic mass is 10.2. The van der Waals surface area contributed by atoms with Crippen LogP contribution in [0.15, 0.2) is 6.20 Å². The molecule has 1 aliphatic rings. The van der Waals surface area contributed by atoms with E-state index in [1.165, 1.54) is 12.8 Å². The van der Waals surface area contributed by atoms with Gasteiger partial charge >= 0.3 is 5.97 Å². The molecular weight excluding hydrogens is 206 g/mol. The number of aryl methyl sites for hydroxylation is 1. The first kappa shape index (κ1) is 11.1. The third kappa shape index (κ3) is 2.61. The molecule has 0 radical (unpaired) electrons. The first-order valence-corrected chi connectivity index (χ1v) is 5.63. The molecule has 5 nitrogen and oxygen atoms in total. The van der Waals surface area contributed by atoms with E-state index in [9.17, 15) is 4.79 Å². The molecule has 0 bridgehead atoms. The largest absolute Gasteiger partial charge is 0.461 e. The predicted octanol–water partition coefficient (Wildman–Crippen LogP) is 0.849. The van der Waals surface area contributed by atoms with Crippen LogP contribution < -0.4 is 5.32 Å². The van der Waals surface area contributed by atoms with Crippen molar-refractivity contribution < 1.29 is 9.53 Å². The van der Waals surface area contributed by atoms with Crippen molar-refractivity contribution in [2.45, 2.75) is 32.4 Å². The maximum atomic E-state index is 11.6. The van der Waals surface area contributed by atoms with Crippen LogP contribution in [0.1, 0.15) is 35.8 Å². The summed E-state index contributed by atoms with van der Waals surface area (Å²) in [6, 6.07) is 0.621. The van der Waals surface area contributed by atoms with Gasteiger partial charge in [0.25, 0.3) is 0 Å². The fourth-order valence-electron chi connectivity index (χ4n) is 1.58. The average Bonchev–Trinajstić information content (AvgIpc) is 2.99. The molecule has 0 aliphatic heterocycles. The smallest absolute Gasteiger partial charge is 0.359 e. The van der Waals surface area contributed by atoms with Gasteiger partial charge in [0.2, 0.25) is 0 Å². The highest BCUT2D eigenvalue weighted by molar-refractivity contribution is 5.88. The number of rotatable bonds is 5. The number of nitrogens with zero attached hydrogens (tertiary/aromatic N) is 2. The monoisotopic (exact) mass is 223 g/mol. The van der Waals surface area contributed by atoms with Crippen molar-refractivity contribution in [1.82, 2.24) is 15.1 Å². The summed E-state index contributed by atoms with van der Waals surface area (Å²) in [5.74, 6) is -0.337. The molecule has 1 fully saturated rings. The Morgan fingerprint density at radius 1 is 1.69 bits per heavy atom. The lowest BCUT2D eigenvalue weighted by molar-refractivity contribution is 0.0517. The minimum absolute atomic E-state index is 0.337. The van der Waals surface area contributed by atoms with Gasteiger partial charge in [-0.05, 0) is 19.8 Å². The van der Waals surface area contributed by atoms with Crippen LogP contribution in [-0.2, 0) is 18.3 Å². The molecule has 0 spiro atoms. The van der Waals surface area contributed by atoms with Gasteiger partial charge in [-0.3, -0.25) is 4.68 Å². The van der Waals surface area contributed by atoms with E-state index in [2.05, 4.69) is 10.4 Å². The molecule has 88 valence electrons. The number of carbonyl (C=O) groups excluding carboxylic acids is 1. The summed E-state index contributed by atoms with van der Waals surface area (Å²) in [4.78, 5) is 11.6. The molecule has 16 heavy (non-hydrogen) atoms. The van der Waals surface area contributed by atoms with Gasteiger partial charge in [-0.2, -0.15) is 5.10 Å². The van der Waals surface area contributed by atoms with Crippen LogP contribution in [0.2, 0.25) is 0 Å². The van der Waals surface area contributed by atoms with E-state index in [4.69, 9.17) is 4.74 Å². The Hall–Kier alpha value is -1.36. The second kappa shape index (κ2) is 4.65. The summed E-state index contributed by atoms with van der Waals surface area (Å²) >= 11 is 0. The molecule has 1 N–H and O–H groups in total. The molecule has 0 atom stereocenters. The van der Waals surface area contributed by atoms with Crippen molar-refractivity contribution in [3.05, 3.63) is 17.5 Å². The van der Waals surface area contributed by atoms with Gasteiger partial charge in [-0.15, -0.1) is 0 Å². The Bertz CT molecular complexity index is 383. The van der Waals surface area contributed by atoms with Crippen LogP contribution in [0, 0.1) is 0 Å². The van der Waals surface area contributed by atoms with E-state index in [0.717, 1.165) is 5.56 Å². The molecule has 0 amide bonds. The Kier molecular flexibility index (Phi) is 3.24. The highest BCUT2D eigenvalue weighted by Gasteiger charge is 2.22. The van der Waals surface area contributed by atoms with E-state index in [1.807, 2.05) is 13.2 Å². The minimum Gasteiger partial charge on any atom is -0.461 e. The number of esters is 1. The number of carbonyl (C=O) groups is 1. The van der Waals surface area contributed by atoms with Crippen LogP contribution in [0.3, 0.4) is 0 Å². The molecule has 5 heteroatoms. The standard InChI is InChI=1S/C11H17N3O2/c1-3-16-11(15)10-8(7-14(2)13-10)6-12-9-4-5-9/h7,9,12H,3-6H2,1-2H3. The van der Waals surface area contributed by atoms with Gasteiger partial charge in [0.1, 0.15) is 0 Å². The molecule has 0 unspecified atom stereocenters. The zero-order valence-electron chi connectivity index (χ0n) is 9.69. The van der Waals surface area contributed by atoms with Gasteiger partial charge in [0.15, 0.2) is 5.69 Å². The lowest BCUT2D eigenvalue weighted by Gasteiger charge is -2.02.